The summed E-state index contributed by atoms with van der Waals surface area (Å²) in [6.07, 6.45) is 1.67. The van der Waals surface area contributed by atoms with Crippen molar-refractivity contribution >= 4 is 29.2 Å². The van der Waals surface area contributed by atoms with Crippen LogP contribution in [-0.2, 0) is 14.3 Å². The van der Waals surface area contributed by atoms with Gasteiger partial charge in [0.25, 0.3) is 5.91 Å². The number of ether oxygens (including phenoxy) is 2. The number of rotatable bonds is 6. The van der Waals surface area contributed by atoms with E-state index in [-0.39, 0.29) is 18.5 Å². The first-order valence-electron chi connectivity index (χ1n) is 8.02. The van der Waals surface area contributed by atoms with Gasteiger partial charge in [-0.1, -0.05) is 29.3 Å². The van der Waals surface area contributed by atoms with Gasteiger partial charge in [0.2, 0.25) is 0 Å². The van der Waals surface area contributed by atoms with E-state index in [1.54, 1.807) is 18.2 Å². The maximum absolute atomic E-state index is 12.0. The number of carbonyl (C=O) groups is 2. The number of amides is 1. The highest BCUT2D eigenvalue weighted by atomic mass is 35.5. The summed E-state index contributed by atoms with van der Waals surface area (Å²) < 4.78 is 10.8. The van der Waals surface area contributed by atoms with Gasteiger partial charge in [-0.3, -0.25) is 9.59 Å². The molecule has 1 saturated carbocycles. The smallest absolute Gasteiger partial charge is 0.309 e. The van der Waals surface area contributed by atoms with E-state index < -0.39 is 5.91 Å². The SMILES string of the molecule is Cc1ccc(Oc2ccc(Cl)cc2NC(=O)COC(=O)C2CC2)cc1. The van der Waals surface area contributed by atoms with Crippen LogP contribution in [0, 0.1) is 12.8 Å². The average Bonchev–Trinajstić information content (AvgIpc) is 3.42. The van der Waals surface area contributed by atoms with E-state index in [0.29, 0.717) is 22.2 Å². The molecule has 0 aliphatic heterocycles. The van der Waals surface area contributed by atoms with Gasteiger partial charge < -0.3 is 14.8 Å². The van der Waals surface area contributed by atoms with Crippen LogP contribution in [0.25, 0.3) is 0 Å². The van der Waals surface area contributed by atoms with E-state index in [1.165, 1.54) is 0 Å². The first kappa shape index (κ1) is 17.3. The Kier molecular flexibility index (Phi) is 5.24. The van der Waals surface area contributed by atoms with Crippen LogP contribution in [-0.4, -0.2) is 18.5 Å². The van der Waals surface area contributed by atoms with Crippen molar-refractivity contribution in [2.45, 2.75) is 19.8 Å². The number of hydrogen-bond donors (Lipinski definition) is 1. The first-order valence-corrected chi connectivity index (χ1v) is 8.39. The van der Waals surface area contributed by atoms with Crippen molar-refractivity contribution in [3.8, 4) is 11.5 Å². The maximum atomic E-state index is 12.0. The van der Waals surface area contributed by atoms with Crippen molar-refractivity contribution in [3.63, 3.8) is 0 Å². The number of aryl methyl sites for hydroxylation is 1. The van der Waals surface area contributed by atoms with Gasteiger partial charge in [0.05, 0.1) is 11.6 Å². The predicted molar refractivity (Wildman–Crippen MR) is 95.0 cm³/mol. The third-order valence-electron chi connectivity index (χ3n) is 3.72. The van der Waals surface area contributed by atoms with E-state index in [1.807, 2.05) is 31.2 Å². The van der Waals surface area contributed by atoms with Crippen molar-refractivity contribution in [3.05, 3.63) is 53.1 Å². The second-order valence-electron chi connectivity index (χ2n) is 5.99. The number of halogens is 1. The third kappa shape index (κ3) is 4.97. The molecule has 0 saturated heterocycles. The van der Waals surface area contributed by atoms with Gasteiger partial charge in [-0.25, -0.2) is 0 Å². The molecule has 1 aliphatic carbocycles. The van der Waals surface area contributed by atoms with Gasteiger partial charge in [-0.05, 0) is 50.1 Å². The monoisotopic (exact) mass is 359 g/mol. The highest BCUT2D eigenvalue weighted by molar-refractivity contribution is 6.31. The van der Waals surface area contributed by atoms with Crippen LogP contribution in [0.1, 0.15) is 18.4 Å². The minimum Gasteiger partial charge on any atom is -0.455 e. The second-order valence-corrected chi connectivity index (χ2v) is 6.42. The van der Waals surface area contributed by atoms with Crippen molar-refractivity contribution in [1.29, 1.82) is 0 Å². The Morgan fingerprint density at radius 3 is 2.56 bits per heavy atom. The van der Waals surface area contributed by atoms with Crippen LogP contribution < -0.4 is 10.1 Å². The van der Waals surface area contributed by atoms with Crippen LogP contribution in [0.2, 0.25) is 5.02 Å². The number of carbonyl (C=O) groups excluding carboxylic acids is 2. The van der Waals surface area contributed by atoms with Gasteiger partial charge in [0.1, 0.15) is 5.75 Å². The van der Waals surface area contributed by atoms with Crippen LogP contribution in [0.15, 0.2) is 42.5 Å². The fraction of sp³-hybridized carbons (Fsp3) is 0.263. The fourth-order valence-corrected chi connectivity index (χ4v) is 2.35. The molecule has 0 bridgehead atoms. The Labute approximate surface area is 150 Å². The second kappa shape index (κ2) is 7.57. The summed E-state index contributed by atoms with van der Waals surface area (Å²) in [6.45, 7) is 1.66. The first-order chi connectivity index (χ1) is 12.0. The van der Waals surface area contributed by atoms with E-state index in [2.05, 4.69) is 5.32 Å². The molecule has 25 heavy (non-hydrogen) atoms. The standard InChI is InChI=1S/C19H18ClNO4/c1-12-2-7-15(8-3-12)25-17-9-6-14(20)10-16(17)21-18(22)11-24-19(23)13-4-5-13/h2-3,6-10,13H,4-5,11H2,1H3,(H,21,22). The summed E-state index contributed by atoms with van der Waals surface area (Å²) >= 11 is 6.01. The molecule has 5 nitrogen and oxygen atoms in total. The average molecular weight is 360 g/mol. The molecule has 1 aliphatic rings. The molecule has 130 valence electrons. The summed E-state index contributed by atoms with van der Waals surface area (Å²) in [5.41, 5.74) is 1.54. The lowest BCUT2D eigenvalue weighted by Crippen LogP contribution is -2.21. The molecule has 0 heterocycles. The molecule has 1 fully saturated rings. The highest BCUT2D eigenvalue weighted by Gasteiger charge is 2.31. The Morgan fingerprint density at radius 2 is 1.88 bits per heavy atom. The number of hydrogen-bond acceptors (Lipinski definition) is 4. The largest absolute Gasteiger partial charge is 0.455 e. The predicted octanol–water partition coefficient (Wildman–Crippen LogP) is 4.33. The lowest BCUT2D eigenvalue weighted by Gasteiger charge is -2.13. The molecule has 0 atom stereocenters. The summed E-state index contributed by atoms with van der Waals surface area (Å²) in [5.74, 6) is 0.292. The minimum absolute atomic E-state index is 0.0422. The molecule has 0 spiro atoms. The fourth-order valence-electron chi connectivity index (χ4n) is 2.18. The van der Waals surface area contributed by atoms with E-state index in [9.17, 15) is 9.59 Å². The maximum Gasteiger partial charge on any atom is 0.309 e. The van der Waals surface area contributed by atoms with Crippen molar-refractivity contribution < 1.29 is 19.1 Å². The number of nitrogens with one attached hydrogen (secondary N) is 1. The zero-order chi connectivity index (χ0) is 17.8. The molecule has 1 amide bonds. The molecular formula is C19H18ClNO4. The van der Waals surface area contributed by atoms with E-state index in [0.717, 1.165) is 18.4 Å². The summed E-state index contributed by atoms with van der Waals surface area (Å²) in [6, 6.07) is 12.5. The number of anilines is 1. The zero-order valence-electron chi connectivity index (χ0n) is 13.8. The van der Waals surface area contributed by atoms with Gasteiger partial charge in [-0.15, -0.1) is 0 Å². The normalized spacial score (nSPS) is 13.2. The van der Waals surface area contributed by atoms with E-state index >= 15 is 0 Å². The Hall–Kier alpha value is -2.53. The van der Waals surface area contributed by atoms with Crippen LogP contribution >= 0.6 is 11.6 Å². The summed E-state index contributed by atoms with van der Waals surface area (Å²) in [7, 11) is 0. The van der Waals surface area contributed by atoms with Crippen LogP contribution in [0.4, 0.5) is 5.69 Å². The Morgan fingerprint density at radius 1 is 1.16 bits per heavy atom. The summed E-state index contributed by atoms with van der Waals surface area (Å²) in [4.78, 5) is 23.5. The topological polar surface area (TPSA) is 64.6 Å². The molecule has 0 aromatic heterocycles. The molecule has 2 aromatic carbocycles. The molecule has 6 heteroatoms. The third-order valence-corrected chi connectivity index (χ3v) is 3.96. The number of esters is 1. The molecule has 0 unspecified atom stereocenters. The molecule has 3 rings (SSSR count). The van der Waals surface area contributed by atoms with Crippen molar-refractivity contribution in [1.82, 2.24) is 0 Å². The number of benzene rings is 2. The molecular weight excluding hydrogens is 342 g/mol. The quantitative estimate of drug-likeness (QED) is 0.779. The lowest BCUT2D eigenvalue weighted by atomic mass is 10.2. The highest BCUT2D eigenvalue weighted by Crippen LogP contribution is 2.32. The summed E-state index contributed by atoms with van der Waals surface area (Å²) in [5, 5.41) is 3.13. The zero-order valence-corrected chi connectivity index (χ0v) is 14.5. The van der Waals surface area contributed by atoms with Gasteiger partial charge in [-0.2, -0.15) is 0 Å². The minimum atomic E-state index is -0.440. The van der Waals surface area contributed by atoms with Gasteiger partial charge in [0, 0.05) is 5.02 Å². The van der Waals surface area contributed by atoms with E-state index in [4.69, 9.17) is 21.1 Å². The van der Waals surface area contributed by atoms with Crippen LogP contribution in [0.5, 0.6) is 11.5 Å². The molecule has 2 aromatic rings. The Bertz CT molecular complexity index is 785. The molecule has 0 radical (unpaired) electrons. The van der Waals surface area contributed by atoms with Gasteiger partial charge in [0.15, 0.2) is 12.4 Å². The van der Waals surface area contributed by atoms with Crippen LogP contribution in [0.3, 0.4) is 0 Å². The van der Waals surface area contributed by atoms with Crippen molar-refractivity contribution in [2.75, 3.05) is 11.9 Å². The molecule has 1 N–H and O–H groups in total. The Balaban J connectivity index is 1.66. The van der Waals surface area contributed by atoms with Crippen molar-refractivity contribution in [2.24, 2.45) is 5.92 Å². The lowest BCUT2D eigenvalue weighted by molar-refractivity contribution is -0.148. The van der Waals surface area contributed by atoms with Gasteiger partial charge >= 0.3 is 5.97 Å².